The van der Waals surface area contributed by atoms with Gasteiger partial charge in [-0.25, -0.2) is 13.4 Å². The maximum Gasteiger partial charge on any atom is 0.248 e. The summed E-state index contributed by atoms with van der Waals surface area (Å²) >= 11 is 0. The summed E-state index contributed by atoms with van der Waals surface area (Å²) in [4.78, 5) is 24.1. The second kappa shape index (κ2) is 6.88. The van der Waals surface area contributed by atoms with Crippen molar-refractivity contribution < 1.29 is 17.9 Å². The predicted molar refractivity (Wildman–Crippen MR) is 101 cm³/mol. The fourth-order valence-corrected chi connectivity index (χ4v) is 6.19. The molecule has 0 aliphatic carbocycles. The lowest BCUT2D eigenvalue weighted by Crippen LogP contribution is -2.60. The Labute approximate surface area is 158 Å². The number of carbonyl (C=O) groups is 1. The average molecular weight is 392 g/mol. The Hall–Kier alpha value is -1.97. The van der Waals surface area contributed by atoms with Crippen molar-refractivity contribution in [3.63, 3.8) is 0 Å². The van der Waals surface area contributed by atoms with Gasteiger partial charge in [0.25, 0.3) is 0 Å². The van der Waals surface area contributed by atoms with Crippen LogP contribution in [0.25, 0.3) is 11.0 Å². The highest BCUT2D eigenvalue weighted by molar-refractivity contribution is 7.91. The maximum atomic E-state index is 12.3. The van der Waals surface area contributed by atoms with Crippen LogP contribution in [0.2, 0.25) is 0 Å². The molecule has 0 spiro atoms. The zero-order valence-corrected chi connectivity index (χ0v) is 16.3. The Balaban J connectivity index is 1.57. The zero-order chi connectivity index (χ0) is 19.2. The molecule has 27 heavy (non-hydrogen) atoms. The van der Waals surface area contributed by atoms with E-state index in [0.717, 1.165) is 22.4 Å². The number of rotatable bonds is 4. The van der Waals surface area contributed by atoms with Gasteiger partial charge in [-0.15, -0.1) is 0 Å². The summed E-state index contributed by atoms with van der Waals surface area (Å²) in [5.74, 6) is 0.759. The summed E-state index contributed by atoms with van der Waals surface area (Å²) in [6, 6.07) is 5.52. The van der Waals surface area contributed by atoms with Gasteiger partial charge in [0.05, 0.1) is 35.1 Å². The lowest BCUT2D eigenvalue weighted by molar-refractivity contribution is -0.141. The number of ether oxygens (including phenoxy) is 1. The number of fused-ring (bicyclic) bond motifs is 2. The molecule has 1 N–H and O–H groups in total. The number of sulfone groups is 1. The first-order valence-corrected chi connectivity index (χ1v) is 10.9. The van der Waals surface area contributed by atoms with Gasteiger partial charge in [-0.1, -0.05) is 6.07 Å². The fraction of sp³-hybridized carbons (Fsp3) is 0.556. The van der Waals surface area contributed by atoms with E-state index in [-0.39, 0.29) is 36.1 Å². The number of hydrogen-bond donors (Lipinski definition) is 1. The molecule has 2 saturated heterocycles. The molecule has 2 aliphatic rings. The van der Waals surface area contributed by atoms with Gasteiger partial charge in [-0.05, 0) is 24.6 Å². The molecule has 2 fully saturated rings. The molecule has 3 heterocycles. The normalized spacial score (nSPS) is 25.0. The third-order valence-corrected chi connectivity index (χ3v) is 7.12. The minimum Gasteiger partial charge on any atom is -0.375 e. The first-order chi connectivity index (χ1) is 12.9. The van der Waals surface area contributed by atoms with E-state index in [1.54, 1.807) is 4.90 Å². The van der Waals surface area contributed by atoms with Crippen molar-refractivity contribution in [2.24, 2.45) is 0 Å². The molecule has 0 saturated carbocycles. The Morgan fingerprint density at radius 1 is 1.30 bits per heavy atom. The summed E-state index contributed by atoms with van der Waals surface area (Å²) in [7, 11) is -1.70. The largest absolute Gasteiger partial charge is 0.375 e. The minimum atomic E-state index is -3.17. The lowest BCUT2D eigenvalue weighted by Gasteiger charge is -2.43. The van der Waals surface area contributed by atoms with Crippen molar-refractivity contribution >= 4 is 26.8 Å². The number of aryl methyl sites for hydroxylation is 1. The molecule has 4 rings (SSSR count). The van der Waals surface area contributed by atoms with Crippen LogP contribution in [0.4, 0.5) is 0 Å². The highest BCUT2D eigenvalue weighted by Gasteiger charge is 2.48. The van der Waals surface area contributed by atoms with E-state index in [1.165, 1.54) is 7.11 Å². The van der Waals surface area contributed by atoms with Crippen LogP contribution >= 0.6 is 0 Å². The molecule has 146 valence electrons. The molecule has 0 unspecified atom stereocenters. The number of piperazine rings is 1. The van der Waals surface area contributed by atoms with Crippen LogP contribution in [0.1, 0.15) is 11.4 Å². The van der Waals surface area contributed by atoms with E-state index in [0.29, 0.717) is 19.6 Å². The zero-order valence-electron chi connectivity index (χ0n) is 15.5. The molecule has 1 amide bonds. The number of methoxy groups -OCH3 is 1. The number of hydrogen-bond acceptors (Lipinski definition) is 6. The third-order valence-electron chi connectivity index (χ3n) is 5.42. The number of H-pyrrole nitrogens is 1. The summed E-state index contributed by atoms with van der Waals surface area (Å²) in [5.41, 5.74) is 3.04. The number of aromatic amines is 1. The van der Waals surface area contributed by atoms with Gasteiger partial charge in [0.1, 0.15) is 12.4 Å². The molecular formula is C18H24N4O4S. The van der Waals surface area contributed by atoms with Crippen LogP contribution in [0.15, 0.2) is 18.2 Å². The molecule has 2 atom stereocenters. The average Bonchev–Trinajstić information content (AvgIpc) is 3.13. The lowest BCUT2D eigenvalue weighted by atomic mass is 10.0. The molecule has 2 aromatic rings. The number of carbonyl (C=O) groups excluding carboxylic acids is 1. The maximum absolute atomic E-state index is 12.3. The summed E-state index contributed by atoms with van der Waals surface area (Å²) in [6.07, 6.45) is 0. The van der Waals surface area contributed by atoms with Crippen LogP contribution in [0, 0.1) is 6.92 Å². The van der Waals surface area contributed by atoms with Gasteiger partial charge in [0.15, 0.2) is 9.84 Å². The number of nitrogens with zero attached hydrogens (tertiary/aromatic N) is 3. The number of amides is 1. The van der Waals surface area contributed by atoms with E-state index < -0.39 is 9.84 Å². The van der Waals surface area contributed by atoms with Crippen molar-refractivity contribution in [2.75, 3.05) is 38.3 Å². The number of aromatic nitrogens is 2. The molecular weight excluding hydrogens is 368 g/mol. The van der Waals surface area contributed by atoms with Crippen LogP contribution in [-0.4, -0.2) is 84.5 Å². The monoisotopic (exact) mass is 392 g/mol. The first-order valence-electron chi connectivity index (χ1n) is 9.04. The van der Waals surface area contributed by atoms with E-state index in [4.69, 9.17) is 4.74 Å². The van der Waals surface area contributed by atoms with Gasteiger partial charge < -0.3 is 14.6 Å². The van der Waals surface area contributed by atoms with E-state index in [2.05, 4.69) is 20.9 Å². The Morgan fingerprint density at radius 3 is 2.85 bits per heavy atom. The van der Waals surface area contributed by atoms with Crippen molar-refractivity contribution in [1.82, 2.24) is 19.8 Å². The van der Waals surface area contributed by atoms with Crippen LogP contribution in [-0.2, 0) is 25.9 Å². The van der Waals surface area contributed by atoms with Crippen molar-refractivity contribution in [2.45, 2.75) is 25.6 Å². The molecule has 1 aromatic heterocycles. The van der Waals surface area contributed by atoms with Crippen molar-refractivity contribution in [3.8, 4) is 0 Å². The molecule has 1 aromatic carbocycles. The van der Waals surface area contributed by atoms with Crippen molar-refractivity contribution in [3.05, 3.63) is 29.6 Å². The summed E-state index contributed by atoms with van der Waals surface area (Å²) in [6.45, 7) is 3.66. The van der Waals surface area contributed by atoms with Gasteiger partial charge in [0, 0.05) is 26.2 Å². The smallest absolute Gasteiger partial charge is 0.248 e. The number of nitrogens with one attached hydrogen (secondary N) is 1. The number of imidazole rings is 1. The molecule has 0 radical (unpaired) electrons. The van der Waals surface area contributed by atoms with Gasteiger partial charge in [0.2, 0.25) is 5.91 Å². The van der Waals surface area contributed by atoms with Crippen LogP contribution in [0.5, 0.6) is 0 Å². The summed E-state index contributed by atoms with van der Waals surface area (Å²) < 4.78 is 29.5. The second-order valence-electron chi connectivity index (χ2n) is 7.41. The molecule has 2 aliphatic heterocycles. The minimum absolute atomic E-state index is 0.0168. The number of benzene rings is 1. The fourth-order valence-electron chi connectivity index (χ4n) is 4.18. The van der Waals surface area contributed by atoms with E-state index in [1.807, 2.05) is 19.1 Å². The highest BCUT2D eigenvalue weighted by Crippen LogP contribution is 2.28. The topological polar surface area (TPSA) is 95.6 Å². The Morgan fingerprint density at radius 2 is 2.07 bits per heavy atom. The van der Waals surface area contributed by atoms with Crippen LogP contribution < -0.4 is 0 Å². The SMILES string of the molecule is COCC(=O)N1CCN(Cc2nc3ccc(C)cc3[nH]2)[C@H]2CS(=O)(=O)C[C@H]21. The second-order valence-corrected chi connectivity index (χ2v) is 9.56. The molecule has 8 nitrogen and oxygen atoms in total. The van der Waals surface area contributed by atoms with Gasteiger partial charge in [-0.2, -0.15) is 0 Å². The van der Waals surface area contributed by atoms with Crippen molar-refractivity contribution in [1.29, 1.82) is 0 Å². The van der Waals surface area contributed by atoms with E-state index in [9.17, 15) is 13.2 Å². The quantitative estimate of drug-likeness (QED) is 0.806. The summed E-state index contributed by atoms with van der Waals surface area (Å²) in [5, 5.41) is 0. The van der Waals surface area contributed by atoms with E-state index >= 15 is 0 Å². The third kappa shape index (κ3) is 3.59. The van der Waals surface area contributed by atoms with Gasteiger partial charge in [-0.3, -0.25) is 9.69 Å². The standard InChI is InChI=1S/C18H24N4O4S/c1-12-3-4-13-14(7-12)20-17(19-13)8-21-5-6-22(18(23)9-26-2)16-11-27(24,25)10-15(16)21/h3-4,7,15-16H,5-6,8-11H2,1-2H3,(H,19,20)/t15-,16+/m0/s1. The van der Waals surface area contributed by atoms with Crippen LogP contribution in [0.3, 0.4) is 0 Å². The molecule has 0 bridgehead atoms. The van der Waals surface area contributed by atoms with Gasteiger partial charge >= 0.3 is 0 Å². The molecule has 9 heteroatoms. The first kappa shape index (κ1) is 18.4. The highest BCUT2D eigenvalue weighted by atomic mass is 32.2. The Kier molecular flexibility index (Phi) is 4.69. The predicted octanol–water partition coefficient (Wildman–Crippen LogP) is 0.328. The Bertz CT molecular complexity index is 971.